The largest absolute Gasteiger partial charge is 0.342 e. The first-order valence-electron chi connectivity index (χ1n) is 8.25. The van der Waals surface area contributed by atoms with E-state index in [0.717, 1.165) is 37.9 Å². The van der Waals surface area contributed by atoms with Crippen LogP contribution in [0.4, 0.5) is 4.39 Å². The summed E-state index contributed by atoms with van der Waals surface area (Å²) in [5, 5.41) is 6.86. The summed E-state index contributed by atoms with van der Waals surface area (Å²) in [6, 6.07) is 6.65. The summed E-state index contributed by atoms with van der Waals surface area (Å²) in [4.78, 5) is 14.7. The van der Waals surface area contributed by atoms with Crippen molar-refractivity contribution in [3.8, 4) is 0 Å². The van der Waals surface area contributed by atoms with Gasteiger partial charge in [-0.05, 0) is 48.4 Å². The maximum absolute atomic E-state index is 13.3. The van der Waals surface area contributed by atoms with E-state index < -0.39 is 0 Å². The van der Waals surface area contributed by atoms with Crippen LogP contribution in [0.2, 0.25) is 0 Å². The lowest BCUT2D eigenvalue weighted by molar-refractivity contribution is -0.133. The first-order valence-corrected chi connectivity index (χ1v) is 8.25. The van der Waals surface area contributed by atoms with Gasteiger partial charge in [0.1, 0.15) is 5.82 Å². The molecule has 3 atom stereocenters. The second kappa shape index (κ2) is 5.80. The van der Waals surface area contributed by atoms with Crippen molar-refractivity contribution in [1.82, 2.24) is 15.1 Å². The molecule has 2 heterocycles. The molecule has 3 unspecified atom stereocenters. The fraction of sp³-hybridized carbons (Fsp3) is 0.444. The lowest BCUT2D eigenvalue weighted by Crippen LogP contribution is -2.40. The van der Waals surface area contributed by atoms with Gasteiger partial charge in [0.2, 0.25) is 5.91 Å². The number of aromatic amines is 1. The highest BCUT2D eigenvalue weighted by molar-refractivity contribution is 5.83. The van der Waals surface area contributed by atoms with E-state index in [1.807, 2.05) is 23.4 Å². The Morgan fingerprint density at radius 1 is 1.35 bits per heavy atom. The molecular weight excluding hydrogens is 293 g/mol. The molecule has 2 aromatic rings. The number of nitrogens with zero attached hydrogens (tertiary/aromatic N) is 2. The van der Waals surface area contributed by atoms with E-state index in [1.54, 1.807) is 12.1 Å². The quantitative estimate of drug-likeness (QED) is 0.947. The number of aromatic nitrogens is 2. The molecule has 1 aliphatic carbocycles. The Labute approximate surface area is 134 Å². The average Bonchev–Trinajstić information content (AvgIpc) is 3.19. The number of H-pyrrole nitrogens is 1. The monoisotopic (exact) mass is 313 g/mol. The maximum Gasteiger partial charge on any atom is 0.226 e. The first kappa shape index (κ1) is 14.4. The van der Waals surface area contributed by atoms with E-state index in [-0.39, 0.29) is 23.6 Å². The van der Waals surface area contributed by atoms with Gasteiger partial charge >= 0.3 is 0 Å². The number of carbonyl (C=O) groups is 1. The summed E-state index contributed by atoms with van der Waals surface area (Å²) in [7, 11) is 0. The van der Waals surface area contributed by atoms with E-state index >= 15 is 0 Å². The third-order valence-corrected chi connectivity index (χ3v) is 5.11. The fourth-order valence-corrected chi connectivity index (χ4v) is 3.74. The van der Waals surface area contributed by atoms with Crippen LogP contribution in [0.1, 0.15) is 42.2 Å². The molecule has 5 heteroatoms. The molecular formula is C18H20FN3O. The molecule has 0 bridgehead atoms. The number of likely N-dealkylation sites (tertiary alicyclic amines) is 1. The maximum atomic E-state index is 13.3. The van der Waals surface area contributed by atoms with E-state index in [2.05, 4.69) is 10.2 Å². The van der Waals surface area contributed by atoms with Crippen molar-refractivity contribution in [2.75, 3.05) is 13.1 Å². The van der Waals surface area contributed by atoms with Gasteiger partial charge in [0.15, 0.2) is 0 Å². The molecule has 0 radical (unpaired) electrons. The minimum atomic E-state index is -0.224. The molecule has 1 aliphatic heterocycles. The normalized spacial score (nSPS) is 27.0. The zero-order valence-corrected chi connectivity index (χ0v) is 12.9. The molecule has 1 aromatic heterocycles. The second-order valence-electron chi connectivity index (χ2n) is 6.66. The molecule has 2 fully saturated rings. The Balaban J connectivity index is 1.42. The summed E-state index contributed by atoms with van der Waals surface area (Å²) >= 11 is 0. The van der Waals surface area contributed by atoms with Gasteiger partial charge in [0, 0.05) is 31.1 Å². The third kappa shape index (κ3) is 2.87. The Morgan fingerprint density at radius 2 is 2.26 bits per heavy atom. The predicted molar refractivity (Wildman–Crippen MR) is 84.4 cm³/mol. The van der Waals surface area contributed by atoms with Crippen molar-refractivity contribution < 1.29 is 9.18 Å². The lowest BCUT2D eigenvalue weighted by atomic mass is 9.92. The molecule has 1 amide bonds. The molecule has 1 saturated carbocycles. The van der Waals surface area contributed by atoms with Crippen molar-refractivity contribution in [2.24, 2.45) is 5.92 Å². The molecule has 23 heavy (non-hydrogen) atoms. The van der Waals surface area contributed by atoms with Crippen molar-refractivity contribution in [3.63, 3.8) is 0 Å². The van der Waals surface area contributed by atoms with Crippen LogP contribution >= 0.6 is 0 Å². The third-order valence-electron chi connectivity index (χ3n) is 5.11. The molecule has 1 saturated heterocycles. The average molecular weight is 313 g/mol. The zero-order valence-electron chi connectivity index (χ0n) is 12.9. The highest BCUT2D eigenvalue weighted by Crippen LogP contribution is 2.49. The SMILES string of the molecule is O=C(C1CC1c1cccc(F)c1)N1CCCC(c2cn[nH]c2)C1. The number of halogens is 1. The van der Waals surface area contributed by atoms with E-state index in [1.165, 1.54) is 11.6 Å². The van der Waals surface area contributed by atoms with Crippen molar-refractivity contribution in [1.29, 1.82) is 0 Å². The first-order chi connectivity index (χ1) is 11.2. The van der Waals surface area contributed by atoms with Crippen LogP contribution in [0, 0.1) is 11.7 Å². The molecule has 0 spiro atoms. The van der Waals surface area contributed by atoms with Crippen LogP contribution in [-0.2, 0) is 4.79 Å². The topological polar surface area (TPSA) is 49.0 Å². The summed E-state index contributed by atoms with van der Waals surface area (Å²) in [5.41, 5.74) is 2.13. The van der Waals surface area contributed by atoms with E-state index in [0.29, 0.717) is 5.92 Å². The summed E-state index contributed by atoms with van der Waals surface area (Å²) in [5.74, 6) is 0.594. The number of piperidine rings is 1. The standard InChI is InChI=1S/C18H20FN3O/c19-15-5-1-3-12(7-15)16-8-17(16)18(23)22-6-2-4-13(11-22)14-9-20-21-10-14/h1,3,5,7,9-10,13,16-17H,2,4,6,8,11H2,(H,20,21). The molecule has 1 N–H and O–H groups in total. The Kier molecular flexibility index (Phi) is 3.63. The van der Waals surface area contributed by atoms with Crippen LogP contribution in [0.5, 0.6) is 0 Å². The van der Waals surface area contributed by atoms with Gasteiger partial charge in [-0.1, -0.05) is 12.1 Å². The van der Waals surface area contributed by atoms with E-state index in [9.17, 15) is 9.18 Å². The van der Waals surface area contributed by atoms with Crippen LogP contribution in [-0.4, -0.2) is 34.1 Å². The van der Waals surface area contributed by atoms with Gasteiger partial charge in [-0.25, -0.2) is 4.39 Å². The predicted octanol–water partition coefficient (Wildman–Crippen LogP) is 3.06. The van der Waals surface area contributed by atoms with Gasteiger partial charge < -0.3 is 4.90 Å². The molecule has 2 aliphatic rings. The number of amides is 1. The summed E-state index contributed by atoms with van der Waals surface area (Å²) < 4.78 is 13.3. The number of nitrogens with one attached hydrogen (secondary N) is 1. The number of carbonyl (C=O) groups excluding carboxylic acids is 1. The zero-order chi connectivity index (χ0) is 15.8. The number of hydrogen-bond donors (Lipinski definition) is 1. The molecule has 1 aromatic carbocycles. The lowest BCUT2D eigenvalue weighted by Gasteiger charge is -2.32. The van der Waals surface area contributed by atoms with Gasteiger partial charge in [0.25, 0.3) is 0 Å². The fourth-order valence-electron chi connectivity index (χ4n) is 3.74. The minimum absolute atomic E-state index is 0.0277. The molecule has 120 valence electrons. The smallest absolute Gasteiger partial charge is 0.226 e. The Hall–Kier alpha value is -2.17. The van der Waals surface area contributed by atoms with Crippen LogP contribution in [0.15, 0.2) is 36.7 Å². The number of hydrogen-bond acceptors (Lipinski definition) is 2. The second-order valence-corrected chi connectivity index (χ2v) is 6.66. The summed E-state index contributed by atoms with van der Waals surface area (Å²) in [6.45, 7) is 1.60. The summed E-state index contributed by atoms with van der Waals surface area (Å²) in [6.07, 6.45) is 6.74. The van der Waals surface area contributed by atoms with Gasteiger partial charge in [-0.2, -0.15) is 5.10 Å². The van der Waals surface area contributed by atoms with Gasteiger partial charge in [0.05, 0.1) is 6.20 Å². The van der Waals surface area contributed by atoms with Crippen molar-refractivity contribution >= 4 is 5.91 Å². The van der Waals surface area contributed by atoms with Crippen LogP contribution in [0.25, 0.3) is 0 Å². The van der Waals surface area contributed by atoms with Crippen LogP contribution < -0.4 is 0 Å². The Bertz CT molecular complexity index is 700. The molecule has 4 nitrogen and oxygen atoms in total. The highest BCUT2D eigenvalue weighted by atomic mass is 19.1. The Morgan fingerprint density at radius 3 is 3.04 bits per heavy atom. The number of benzene rings is 1. The van der Waals surface area contributed by atoms with Gasteiger partial charge in [-0.15, -0.1) is 0 Å². The van der Waals surface area contributed by atoms with Gasteiger partial charge in [-0.3, -0.25) is 9.89 Å². The van der Waals surface area contributed by atoms with Crippen LogP contribution in [0.3, 0.4) is 0 Å². The molecule has 4 rings (SSSR count). The highest BCUT2D eigenvalue weighted by Gasteiger charge is 2.46. The minimum Gasteiger partial charge on any atom is -0.342 e. The van der Waals surface area contributed by atoms with Crippen molar-refractivity contribution in [2.45, 2.75) is 31.1 Å². The van der Waals surface area contributed by atoms with E-state index in [4.69, 9.17) is 0 Å². The number of rotatable bonds is 3. The van der Waals surface area contributed by atoms with Crippen molar-refractivity contribution in [3.05, 3.63) is 53.6 Å².